The molecule has 1 aliphatic heterocycles. The predicted octanol–water partition coefficient (Wildman–Crippen LogP) is 3.61. The number of nitrogens with zero attached hydrogens (tertiary/aromatic N) is 4. The third-order valence-corrected chi connectivity index (χ3v) is 4.09. The van der Waals surface area contributed by atoms with E-state index in [0.717, 1.165) is 24.5 Å². The Morgan fingerprint density at radius 3 is 2.48 bits per heavy atom. The number of nitrogens with one attached hydrogen (secondary N) is 1. The molecule has 0 spiro atoms. The molecular weight excluding hydrogens is 286 g/mol. The fourth-order valence-electron chi connectivity index (χ4n) is 2.91. The van der Waals surface area contributed by atoms with Crippen molar-refractivity contribution in [2.24, 2.45) is 0 Å². The lowest BCUT2D eigenvalue weighted by atomic mass is 10.2. The van der Waals surface area contributed by atoms with E-state index < -0.39 is 0 Å². The maximum Gasteiger partial charge on any atom is 0.246 e. The number of benzene rings is 2. The molecule has 0 unspecified atom stereocenters. The minimum absolute atomic E-state index is 0.604. The minimum atomic E-state index is 0.604. The van der Waals surface area contributed by atoms with E-state index in [2.05, 4.69) is 38.5 Å². The first kappa shape index (κ1) is 13.8. The van der Waals surface area contributed by atoms with Crippen LogP contribution in [0.1, 0.15) is 12.8 Å². The highest BCUT2D eigenvalue weighted by Gasteiger charge is 2.12. The summed E-state index contributed by atoms with van der Waals surface area (Å²) in [5, 5.41) is 7.77. The molecule has 1 aromatic heterocycles. The topological polar surface area (TPSA) is 46.0 Å². The summed E-state index contributed by atoms with van der Waals surface area (Å²) in [6.07, 6.45) is 4.28. The SMILES string of the molecule is c1ccc(-n2cnc(Nc3cccc(N4CCCC4)c3)n2)cc1. The average Bonchev–Trinajstić information content (AvgIpc) is 3.28. The Kier molecular flexibility index (Phi) is 3.68. The Morgan fingerprint density at radius 2 is 1.65 bits per heavy atom. The molecule has 0 aliphatic carbocycles. The second-order valence-electron chi connectivity index (χ2n) is 5.72. The molecule has 116 valence electrons. The van der Waals surface area contributed by atoms with Crippen LogP contribution in [-0.4, -0.2) is 27.9 Å². The maximum atomic E-state index is 4.48. The van der Waals surface area contributed by atoms with Gasteiger partial charge in [-0.3, -0.25) is 0 Å². The van der Waals surface area contributed by atoms with E-state index in [1.807, 2.05) is 36.4 Å². The summed E-state index contributed by atoms with van der Waals surface area (Å²) in [7, 11) is 0. The van der Waals surface area contributed by atoms with Crippen molar-refractivity contribution in [1.82, 2.24) is 14.8 Å². The van der Waals surface area contributed by atoms with E-state index in [-0.39, 0.29) is 0 Å². The molecule has 2 aromatic carbocycles. The molecule has 2 heterocycles. The van der Waals surface area contributed by atoms with E-state index >= 15 is 0 Å². The second-order valence-corrected chi connectivity index (χ2v) is 5.72. The van der Waals surface area contributed by atoms with Gasteiger partial charge in [0.05, 0.1) is 5.69 Å². The third-order valence-electron chi connectivity index (χ3n) is 4.09. The molecule has 1 saturated heterocycles. The van der Waals surface area contributed by atoms with Gasteiger partial charge in [0.25, 0.3) is 0 Å². The van der Waals surface area contributed by atoms with Gasteiger partial charge in [0.1, 0.15) is 6.33 Å². The lowest BCUT2D eigenvalue weighted by Crippen LogP contribution is -2.17. The Bertz CT molecular complexity index is 775. The highest BCUT2D eigenvalue weighted by Crippen LogP contribution is 2.24. The van der Waals surface area contributed by atoms with E-state index in [4.69, 9.17) is 0 Å². The quantitative estimate of drug-likeness (QED) is 0.800. The van der Waals surface area contributed by atoms with E-state index in [1.54, 1.807) is 11.0 Å². The zero-order chi connectivity index (χ0) is 15.5. The Labute approximate surface area is 135 Å². The highest BCUT2D eigenvalue weighted by molar-refractivity contribution is 5.62. The molecule has 3 aromatic rings. The molecule has 1 N–H and O–H groups in total. The van der Waals surface area contributed by atoms with Crippen LogP contribution < -0.4 is 10.2 Å². The minimum Gasteiger partial charge on any atom is -0.371 e. The molecule has 5 nitrogen and oxygen atoms in total. The van der Waals surface area contributed by atoms with Gasteiger partial charge in [0.15, 0.2) is 0 Å². The summed E-state index contributed by atoms with van der Waals surface area (Å²) >= 11 is 0. The zero-order valence-corrected chi connectivity index (χ0v) is 12.9. The summed E-state index contributed by atoms with van der Waals surface area (Å²) in [5.41, 5.74) is 3.27. The van der Waals surface area contributed by atoms with Gasteiger partial charge in [-0.1, -0.05) is 24.3 Å². The average molecular weight is 305 g/mol. The van der Waals surface area contributed by atoms with E-state index in [0.29, 0.717) is 5.95 Å². The number of hydrogen-bond donors (Lipinski definition) is 1. The number of hydrogen-bond acceptors (Lipinski definition) is 4. The predicted molar refractivity (Wildman–Crippen MR) is 92.5 cm³/mol. The molecule has 0 radical (unpaired) electrons. The van der Waals surface area contributed by atoms with Crippen LogP contribution in [0.15, 0.2) is 60.9 Å². The van der Waals surface area contributed by atoms with Crippen LogP contribution in [0.2, 0.25) is 0 Å². The summed E-state index contributed by atoms with van der Waals surface area (Å²) in [4.78, 5) is 6.76. The van der Waals surface area contributed by atoms with Crippen LogP contribution in [0, 0.1) is 0 Å². The summed E-state index contributed by atoms with van der Waals surface area (Å²) in [6.45, 7) is 2.29. The molecule has 1 fully saturated rings. The third kappa shape index (κ3) is 3.04. The first-order chi connectivity index (χ1) is 11.4. The number of para-hydroxylation sites is 1. The van der Waals surface area contributed by atoms with Crippen molar-refractivity contribution < 1.29 is 0 Å². The molecule has 0 bridgehead atoms. The molecular formula is C18H19N5. The van der Waals surface area contributed by atoms with Crippen LogP contribution in [-0.2, 0) is 0 Å². The number of aromatic nitrogens is 3. The smallest absolute Gasteiger partial charge is 0.246 e. The van der Waals surface area contributed by atoms with Crippen LogP contribution in [0.4, 0.5) is 17.3 Å². The Balaban J connectivity index is 1.52. The van der Waals surface area contributed by atoms with Crippen molar-refractivity contribution in [2.45, 2.75) is 12.8 Å². The lowest BCUT2D eigenvalue weighted by Gasteiger charge is -2.18. The second kappa shape index (κ2) is 6.12. The van der Waals surface area contributed by atoms with Crippen molar-refractivity contribution in [3.05, 3.63) is 60.9 Å². The normalized spacial score (nSPS) is 14.2. The van der Waals surface area contributed by atoms with Gasteiger partial charge < -0.3 is 10.2 Å². The zero-order valence-electron chi connectivity index (χ0n) is 12.9. The fraction of sp³-hybridized carbons (Fsp3) is 0.222. The van der Waals surface area contributed by atoms with E-state index in [1.165, 1.54) is 18.5 Å². The molecule has 4 rings (SSSR count). The van der Waals surface area contributed by atoms with Crippen molar-refractivity contribution in [1.29, 1.82) is 0 Å². The summed E-state index contributed by atoms with van der Waals surface area (Å²) in [6, 6.07) is 18.4. The van der Waals surface area contributed by atoms with Gasteiger partial charge >= 0.3 is 0 Å². The fourth-order valence-corrected chi connectivity index (χ4v) is 2.91. The Hall–Kier alpha value is -2.82. The van der Waals surface area contributed by atoms with Gasteiger partial charge in [-0.2, -0.15) is 4.98 Å². The van der Waals surface area contributed by atoms with Gasteiger partial charge in [-0.25, -0.2) is 4.68 Å². The largest absolute Gasteiger partial charge is 0.371 e. The van der Waals surface area contributed by atoms with Gasteiger partial charge in [-0.05, 0) is 43.2 Å². The number of anilines is 3. The van der Waals surface area contributed by atoms with Crippen molar-refractivity contribution in [3.63, 3.8) is 0 Å². The van der Waals surface area contributed by atoms with Crippen molar-refractivity contribution in [2.75, 3.05) is 23.3 Å². The summed E-state index contributed by atoms with van der Waals surface area (Å²) in [5.74, 6) is 0.604. The van der Waals surface area contributed by atoms with Crippen LogP contribution in [0.5, 0.6) is 0 Å². The van der Waals surface area contributed by atoms with Crippen LogP contribution in [0.3, 0.4) is 0 Å². The van der Waals surface area contributed by atoms with Crippen molar-refractivity contribution in [3.8, 4) is 5.69 Å². The molecule has 23 heavy (non-hydrogen) atoms. The first-order valence-corrected chi connectivity index (χ1v) is 7.98. The van der Waals surface area contributed by atoms with E-state index in [9.17, 15) is 0 Å². The van der Waals surface area contributed by atoms with Gasteiger partial charge in [-0.15, -0.1) is 5.10 Å². The van der Waals surface area contributed by atoms with Crippen LogP contribution >= 0.6 is 0 Å². The maximum absolute atomic E-state index is 4.48. The van der Waals surface area contributed by atoms with Crippen molar-refractivity contribution >= 4 is 17.3 Å². The van der Waals surface area contributed by atoms with Gasteiger partial charge in [0.2, 0.25) is 5.95 Å². The molecule has 1 aliphatic rings. The molecule has 5 heteroatoms. The Morgan fingerprint density at radius 1 is 0.870 bits per heavy atom. The molecule has 0 saturated carbocycles. The summed E-state index contributed by atoms with van der Waals surface area (Å²) < 4.78 is 1.77. The molecule has 0 amide bonds. The highest BCUT2D eigenvalue weighted by atomic mass is 15.4. The monoisotopic (exact) mass is 305 g/mol. The first-order valence-electron chi connectivity index (χ1n) is 7.98. The van der Waals surface area contributed by atoms with Gasteiger partial charge in [0, 0.05) is 24.5 Å². The molecule has 0 atom stereocenters. The van der Waals surface area contributed by atoms with Crippen LogP contribution in [0.25, 0.3) is 5.69 Å². The lowest BCUT2D eigenvalue weighted by molar-refractivity contribution is 0.882. The standard InChI is InChI=1S/C18H19N5/c1-2-8-16(9-3-1)23-14-19-18(21-23)20-15-7-6-10-17(13-15)22-11-4-5-12-22/h1-3,6-10,13-14H,4-5,11-12H2,(H,20,21). The number of rotatable bonds is 4.